The molecule has 0 aliphatic carbocycles. The lowest BCUT2D eigenvalue weighted by Gasteiger charge is -2.41. The minimum Gasteiger partial charge on any atom is -0.497 e. The third-order valence-electron chi connectivity index (χ3n) is 7.90. The van der Waals surface area contributed by atoms with Gasteiger partial charge in [-0.15, -0.1) is 5.10 Å². The molecule has 0 saturated carbocycles. The maximum atomic E-state index is 13.7. The Bertz CT molecular complexity index is 1380. The normalized spacial score (nSPS) is 19.8. The summed E-state index contributed by atoms with van der Waals surface area (Å²) in [7, 11) is 1.61. The number of carbonyl (C=O) groups excluding carboxylic acids is 3. The third kappa shape index (κ3) is 6.35. The van der Waals surface area contributed by atoms with Crippen LogP contribution in [0.3, 0.4) is 0 Å². The standard InChI is InChI=1S/C30H35N5O5S/c1-20-19-40-24-8-4-3-7-23(24)27(36)31-16-6-5-13-30(29(38)32-20)14-17-35(18-15-30)28(37)26-25(33-34-41-26)21-9-11-22(39-2)12-10-21/h3-4,7-12,20H,5-6,13-19H2,1-2H3,(H,31,36)(H,32,38)/t20-/m1/s1. The lowest BCUT2D eigenvalue weighted by molar-refractivity contribution is -0.135. The van der Waals surface area contributed by atoms with Crippen molar-refractivity contribution in [2.24, 2.45) is 5.41 Å². The van der Waals surface area contributed by atoms with E-state index in [1.807, 2.05) is 43.3 Å². The number of ether oxygens (including phenoxy) is 2. The smallest absolute Gasteiger partial charge is 0.267 e. The Morgan fingerprint density at radius 3 is 2.59 bits per heavy atom. The fourth-order valence-electron chi connectivity index (χ4n) is 5.44. The number of nitrogens with one attached hydrogen (secondary N) is 2. The third-order valence-corrected chi connectivity index (χ3v) is 8.61. The molecule has 41 heavy (non-hydrogen) atoms. The van der Waals surface area contributed by atoms with E-state index in [1.165, 1.54) is 0 Å². The van der Waals surface area contributed by atoms with Gasteiger partial charge in [-0.3, -0.25) is 14.4 Å². The van der Waals surface area contributed by atoms with Crippen molar-refractivity contribution >= 4 is 29.3 Å². The van der Waals surface area contributed by atoms with Gasteiger partial charge in [0.15, 0.2) is 0 Å². The number of nitrogens with zero attached hydrogens (tertiary/aromatic N) is 3. The van der Waals surface area contributed by atoms with Crippen molar-refractivity contribution in [1.29, 1.82) is 0 Å². The van der Waals surface area contributed by atoms with Gasteiger partial charge in [0.2, 0.25) is 5.91 Å². The number of amides is 3. The zero-order valence-electron chi connectivity index (χ0n) is 23.4. The second-order valence-electron chi connectivity index (χ2n) is 10.6. The van der Waals surface area contributed by atoms with Gasteiger partial charge in [-0.1, -0.05) is 23.0 Å². The first-order valence-electron chi connectivity index (χ1n) is 14.0. The number of hydrogen-bond acceptors (Lipinski definition) is 8. The van der Waals surface area contributed by atoms with Gasteiger partial charge in [-0.25, -0.2) is 0 Å². The molecule has 2 aliphatic rings. The van der Waals surface area contributed by atoms with Crippen LogP contribution < -0.4 is 20.1 Å². The second-order valence-corrected chi connectivity index (χ2v) is 11.4. The Morgan fingerprint density at radius 2 is 1.83 bits per heavy atom. The van der Waals surface area contributed by atoms with Crippen molar-refractivity contribution < 1.29 is 23.9 Å². The van der Waals surface area contributed by atoms with Crippen molar-refractivity contribution in [3.8, 4) is 22.8 Å². The summed E-state index contributed by atoms with van der Waals surface area (Å²) in [4.78, 5) is 42.3. The minimum absolute atomic E-state index is 0.00606. The summed E-state index contributed by atoms with van der Waals surface area (Å²) in [6.45, 7) is 3.57. The summed E-state index contributed by atoms with van der Waals surface area (Å²) in [5.41, 5.74) is 1.24. The molecule has 1 spiro atoms. The SMILES string of the molecule is COc1ccc(-c2nnsc2C(=O)N2CCC3(CCCCNC(=O)c4ccccc4OC[C@@H](C)NC3=O)CC2)cc1. The molecule has 11 heteroatoms. The predicted molar refractivity (Wildman–Crippen MR) is 155 cm³/mol. The molecule has 1 atom stereocenters. The van der Waals surface area contributed by atoms with E-state index in [4.69, 9.17) is 9.47 Å². The highest BCUT2D eigenvalue weighted by Crippen LogP contribution is 2.38. The molecule has 3 amide bonds. The summed E-state index contributed by atoms with van der Waals surface area (Å²) >= 11 is 1.09. The molecule has 0 bridgehead atoms. The van der Waals surface area contributed by atoms with Crippen molar-refractivity contribution in [2.45, 2.75) is 45.1 Å². The van der Waals surface area contributed by atoms with Gasteiger partial charge < -0.3 is 25.0 Å². The molecule has 10 nitrogen and oxygen atoms in total. The van der Waals surface area contributed by atoms with E-state index in [-0.39, 0.29) is 30.4 Å². The number of methoxy groups -OCH3 is 1. The van der Waals surface area contributed by atoms with E-state index < -0.39 is 5.41 Å². The Morgan fingerprint density at radius 1 is 1.07 bits per heavy atom. The number of hydrogen-bond donors (Lipinski definition) is 2. The lowest BCUT2D eigenvalue weighted by atomic mass is 9.73. The largest absolute Gasteiger partial charge is 0.497 e. The lowest BCUT2D eigenvalue weighted by Crippen LogP contribution is -2.52. The molecular weight excluding hydrogens is 542 g/mol. The number of likely N-dealkylation sites (tertiary alicyclic amines) is 1. The van der Waals surface area contributed by atoms with Crippen LogP contribution in [-0.2, 0) is 4.79 Å². The second kappa shape index (κ2) is 12.7. The van der Waals surface area contributed by atoms with Crippen LogP contribution in [0.2, 0.25) is 0 Å². The molecule has 0 radical (unpaired) electrons. The first-order chi connectivity index (χ1) is 19.9. The maximum Gasteiger partial charge on any atom is 0.267 e. The minimum atomic E-state index is -0.595. The monoisotopic (exact) mass is 577 g/mol. The van der Waals surface area contributed by atoms with E-state index in [2.05, 4.69) is 20.2 Å². The van der Waals surface area contributed by atoms with Gasteiger partial charge in [0.25, 0.3) is 11.8 Å². The molecule has 5 rings (SSSR count). The molecule has 3 aromatic rings. The van der Waals surface area contributed by atoms with Crippen LogP contribution in [0.5, 0.6) is 11.5 Å². The molecule has 1 saturated heterocycles. The fourth-order valence-corrected chi connectivity index (χ4v) is 6.10. The highest BCUT2D eigenvalue weighted by atomic mass is 32.1. The topological polar surface area (TPSA) is 123 Å². The summed E-state index contributed by atoms with van der Waals surface area (Å²) in [5.74, 6) is 0.929. The van der Waals surface area contributed by atoms with Crippen LogP contribution in [0, 0.1) is 5.41 Å². The molecule has 1 fully saturated rings. The Labute approximate surface area is 243 Å². The number of piperidine rings is 1. The number of rotatable bonds is 3. The zero-order valence-corrected chi connectivity index (χ0v) is 24.2. The molecule has 1 aromatic heterocycles. The average molecular weight is 578 g/mol. The van der Waals surface area contributed by atoms with Crippen molar-refractivity contribution in [3.63, 3.8) is 0 Å². The average Bonchev–Trinajstić information content (AvgIpc) is 3.49. The van der Waals surface area contributed by atoms with Gasteiger partial charge in [0.05, 0.1) is 24.1 Å². The van der Waals surface area contributed by atoms with Gasteiger partial charge in [-0.2, -0.15) is 0 Å². The zero-order chi connectivity index (χ0) is 28.8. The molecule has 0 unspecified atom stereocenters. The number of aromatic nitrogens is 2. The molecule has 2 aliphatic heterocycles. The summed E-state index contributed by atoms with van der Waals surface area (Å²) in [6, 6.07) is 14.3. The summed E-state index contributed by atoms with van der Waals surface area (Å²) < 4.78 is 15.2. The first kappa shape index (κ1) is 28.5. The fraction of sp³-hybridized carbons (Fsp3) is 0.433. The highest BCUT2D eigenvalue weighted by Gasteiger charge is 2.42. The van der Waals surface area contributed by atoms with Crippen molar-refractivity contribution in [2.75, 3.05) is 33.4 Å². The van der Waals surface area contributed by atoms with Gasteiger partial charge in [0, 0.05) is 25.2 Å². The van der Waals surface area contributed by atoms with Crippen LogP contribution in [0.15, 0.2) is 48.5 Å². The van der Waals surface area contributed by atoms with E-state index in [9.17, 15) is 14.4 Å². The first-order valence-corrected chi connectivity index (χ1v) is 14.7. The molecule has 3 heterocycles. The van der Waals surface area contributed by atoms with Gasteiger partial charge in [0.1, 0.15) is 28.7 Å². The molecule has 2 N–H and O–H groups in total. The number of fused-ring (bicyclic) bond motifs is 1. The van der Waals surface area contributed by atoms with Crippen LogP contribution >= 0.6 is 11.5 Å². The van der Waals surface area contributed by atoms with E-state index in [0.717, 1.165) is 35.7 Å². The maximum absolute atomic E-state index is 13.7. The molecule has 216 valence electrons. The van der Waals surface area contributed by atoms with Crippen LogP contribution in [0.25, 0.3) is 11.3 Å². The van der Waals surface area contributed by atoms with Gasteiger partial charge in [-0.05, 0) is 80.5 Å². The van der Waals surface area contributed by atoms with Crippen molar-refractivity contribution in [1.82, 2.24) is 25.1 Å². The van der Waals surface area contributed by atoms with E-state index in [1.54, 1.807) is 24.1 Å². The quantitative estimate of drug-likeness (QED) is 0.484. The van der Waals surface area contributed by atoms with E-state index >= 15 is 0 Å². The van der Waals surface area contributed by atoms with Crippen LogP contribution in [-0.4, -0.2) is 71.6 Å². The Hall–Kier alpha value is -3.99. The Kier molecular flexibility index (Phi) is 8.82. The van der Waals surface area contributed by atoms with E-state index in [0.29, 0.717) is 60.8 Å². The summed E-state index contributed by atoms with van der Waals surface area (Å²) in [6.07, 6.45) is 3.32. The number of para-hydroxylation sites is 1. The molecular formula is C30H35N5O5S. The number of carbonyl (C=O) groups is 3. The highest BCUT2D eigenvalue weighted by molar-refractivity contribution is 7.08. The van der Waals surface area contributed by atoms with Crippen LogP contribution in [0.1, 0.15) is 59.1 Å². The van der Waals surface area contributed by atoms with Gasteiger partial charge >= 0.3 is 0 Å². The number of benzene rings is 2. The van der Waals surface area contributed by atoms with Crippen LogP contribution in [0.4, 0.5) is 0 Å². The Balaban J connectivity index is 1.27. The van der Waals surface area contributed by atoms with Crippen molar-refractivity contribution in [3.05, 3.63) is 59.0 Å². The predicted octanol–water partition coefficient (Wildman–Crippen LogP) is 3.93. The summed E-state index contributed by atoms with van der Waals surface area (Å²) in [5, 5.41) is 10.4. The molecule has 2 aromatic carbocycles.